The van der Waals surface area contributed by atoms with Crippen molar-refractivity contribution in [1.82, 2.24) is 0 Å². The number of rotatable bonds is 4. The van der Waals surface area contributed by atoms with Gasteiger partial charge in [-0.1, -0.05) is 130 Å². The molecule has 0 aromatic heterocycles. The van der Waals surface area contributed by atoms with Gasteiger partial charge in [0.2, 0.25) is 0 Å². The molecule has 9 aromatic carbocycles. The van der Waals surface area contributed by atoms with E-state index in [1.165, 1.54) is 87.1 Å². The third-order valence-electron chi connectivity index (χ3n) is 10.3. The molecule has 212 valence electrons. The summed E-state index contributed by atoms with van der Waals surface area (Å²) in [6.45, 7) is 6.98. The average Bonchev–Trinajstić information content (AvgIpc) is 3.09. The van der Waals surface area contributed by atoms with E-state index in [0.717, 1.165) is 11.8 Å². The zero-order valence-corrected chi connectivity index (χ0v) is 25.8. The van der Waals surface area contributed by atoms with Gasteiger partial charge in [-0.25, -0.2) is 0 Å². The number of benzene rings is 8. The van der Waals surface area contributed by atoms with Crippen molar-refractivity contribution in [3.05, 3.63) is 145 Å². The Morgan fingerprint density at radius 1 is 0.511 bits per heavy atom. The minimum Gasteiger partial charge on any atom is -0.0695 e. The van der Waals surface area contributed by atoms with Crippen molar-refractivity contribution in [2.75, 3.05) is 0 Å². The molecule has 0 saturated carbocycles. The van der Waals surface area contributed by atoms with Crippen molar-refractivity contribution in [3.63, 3.8) is 0 Å². The first-order valence-electron chi connectivity index (χ1n) is 16.0. The van der Waals surface area contributed by atoms with Crippen LogP contribution in [0.25, 0.3) is 86.9 Å². The zero-order chi connectivity index (χ0) is 30.3. The largest absolute Gasteiger partial charge is 0.0695 e. The van der Waals surface area contributed by atoms with Crippen molar-refractivity contribution >= 4 is 64.6 Å². The monoisotopic (exact) mass is 572 g/mol. The second-order valence-electron chi connectivity index (χ2n) is 13.2. The van der Waals surface area contributed by atoms with E-state index in [1.807, 2.05) is 6.07 Å². The SMILES string of the molecule is CCC(C)(C)c1cc2ccc3ccc(-c4ccc5cc(-c6cc7ccccc7c7ccc#cc67)ccc5c4)c4ccc(c1)c2c34. The molecule has 9 rings (SSSR count). The molecule has 0 amide bonds. The van der Waals surface area contributed by atoms with Crippen LogP contribution in [-0.4, -0.2) is 0 Å². The van der Waals surface area contributed by atoms with Gasteiger partial charge in [-0.2, -0.15) is 0 Å². The zero-order valence-electron chi connectivity index (χ0n) is 25.8. The summed E-state index contributed by atoms with van der Waals surface area (Å²) < 4.78 is 0. The topological polar surface area (TPSA) is 0 Å². The van der Waals surface area contributed by atoms with Crippen LogP contribution in [0.4, 0.5) is 0 Å². The molecule has 0 N–H and O–H groups in total. The summed E-state index contributed by atoms with van der Waals surface area (Å²) in [5.41, 5.74) is 6.50. The van der Waals surface area contributed by atoms with Crippen molar-refractivity contribution in [1.29, 1.82) is 0 Å². The maximum atomic E-state index is 3.41. The Balaban J connectivity index is 1.19. The first-order chi connectivity index (χ1) is 22.0. The predicted octanol–water partition coefficient (Wildman–Crippen LogP) is 12.7. The Kier molecular flexibility index (Phi) is 5.54. The fourth-order valence-corrected chi connectivity index (χ4v) is 7.40. The maximum Gasteiger partial charge on any atom is 0.0406 e. The normalized spacial score (nSPS) is 12.2. The predicted molar refractivity (Wildman–Crippen MR) is 195 cm³/mol. The third kappa shape index (κ3) is 3.94. The third-order valence-corrected chi connectivity index (χ3v) is 10.3. The van der Waals surface area contributed by atoms with Gasteiger partial charge in [-0.05, 0) is 129 Å². The average molecular weight is 573 g/mol. The molecule has 9 aromatic rings. The van der Waals surface area contributed by atoms with E-state index in [-0.39, 0.29) is 5.41 Å². The fourth-order valence-electron chi connectivity index (χ4n) is 7.40. The van der Waals surface area contributed by atoms with Crippen LogP contribution in [0.1, 0.15) is 32.8 Å². The first kappa shape index (κ1) is 26.1. The van der Waals surface area contributed by atoms with Crippen molar-refractivity contribution < 1.29 is 0 Å². The molecule has 45 heavy (non-hydrogen) atoms. The van der Waals surface area contributed by atoms with Crippen LogP contribution in [0.5, 0.6) is 0 Å². The molecule has 0 atom stereocenters. The molecule has 0 spiro atoms. The molecular weight excluding hydrogens is 540 g/mol. The van der Waals surface area contributed by atoms with Gasteiger partial charge < -0.3 is 0 Å². The van der Waals surface area contributed by atoms with Crippen LogP contribution >= 0.6 is 0 Å². The van der Waals surface area contributed by atoms with E-state index in [9.17, 15) is 0 Å². The lowest BCUT2D eigenvalue weighted by Gasteiger charge is -2.25. The van der Waals surface area contributed by atoms with Crippen LogP contribution in [0.2, 0.25) is 0 Å². The molecule has 0 heteroatoms. The number of hydrogen-bond acceptors (Lipinski definition) is 0. The highest BCUT2D eigenvalue weighted by atomic mass is 14.2. The summed E-state index contributed by atoms with van der Waals surface area (Å²) in [5.74, 6) is 0. The minimum atomic E-state index is 0.151. The molecule has 0 aliphatic rings. The van der Waals surface area contributed by atoms with Gasteiger partial charge in [-0.15, -0.1) is 0 Å². The van der Waals surface area contributed by atoms with Gasteiger partial charge in [0, 0.05) is 5.39 Å². The Labute approximate surface area is 263 Å². The van der Waals surface area contributed by atoms with Crippen molar-refractivity contribution in [2.24, 2.45) is 0 Å². The van der Waals surface area contributed by atoms with E-state index < -0.39 is 0 Å². The van der Waals surface area contributed by atoms with Crippen LogP contribution in [0.3, 0.4) is 0 Å². The van der Waals surface area contributed by atoms with E-state index in [2.05, 4.69) is 154 Å². The van der Waals surface area contributed by atoms with E-state index in [4.69, 9.17) is 0 Å². The van der Waals surface area contributed by atoms with Gasteiger partial charge >= 0.3 is 0 Å². The Hall–Kier alpha value is -5.38. The lowest BCUT2D eigenvalue weighted by molar-refractivity contribution is 0.507. The molecule has 0 saturated heterocycles. The highest BCUT2D eigenvalue weighted by Gasteiger charge is 2.21. The summed E-state index contributed by atoms with van der Waals surface area (Å²) in [5, 5.41) is 15.4. The van der Waals surface area contributed by atoms with Gasteiger partial charge in [0.05, 0.1) is 0 Å². The van der Waals surface area contributed by atoms with Crippen LogP contribution < -0.4 is 0 Å². The molecular formula is C45H32. The molecule has 0 nitrogen and oxygen atoms in total. The van der Waals surface area contributed by atoms with Gasteiger partial charge in [-0.3, -0.25) is 0 Å². The summed E-state index contributed by atoms with van der Waals surface area (Å²) in [6, 6.07) is 54.1. The van der Waals surface area contributed by atoms with Crippen molar-refractivity contribution in [2.45, 2.75) is 32.6 Å². The van der Waals surface area contributed by atoms with E-state index >= 15 is 0 Å². The highest BCUT2D eigenvalue weighted by Crippen LogP contribution is 2.42. The maximum absolute atomic E-state index is 3.41. The molecule has 0 radical (unpaired) electrons. The Morgan fingerprint density at radius 2 is 1.18 bits per heavy atom. The minimum absolute atomic E-state index is 0.151. The molecule has 0 unspecified atom stereocenters. The van der Waals surface area contributed by atoms with E-state index in [1.54, 1.807) is 0 Å². The Bertz CT molecular complexity index is 2580. The van der Waals surface area contributed by atoms with Gasteiger partial charge in [0.1, 0.15) is 0 Å². The lowest BCUT2D eigenvalue weighted by atomic mass is 9.79. The summed E-state index contributed by atoms with van der Waals surface area (Å²) >= 11 is 0. The second kappa shape index (κ2) is 9.56. The summed E-state index contributed by atoms with van der Waals surface area (Å²) in [6.07, 6.45) is 1.12. The smallest absolute Gasteiger partial charge is 0.0406 e. The van der Waals surface area contributed by atoms with E-state index in [0.29, 0.717) is 0 Å². The molecule has 0 heterocycles. The quantitative estimate of drug-likeness (QED) is 0.184. The van der Waals surface area contributed by atoms with Crippen LogP contribution in [-0.2, 0) is 5.41 Å². The summed E-state index contributed by atoms with van der Waals surface area (Å²) in [4.78, 5) is 0. The fraction of sp³-hybridized carbons (Fsp3) is 0.111. The lowest BCUT2D eigenvalue weighted by Crippen LogP contribution is -2.15. The second-order valence-corrected chi connectivity index (χ2v) is 13.2. The molecule has 0 bridgehead atoms. The molecule has 0 aliphatic carbocycles. The Morgan fingerprint density at radius 3 is 1.96 bits per heavy atom. The van der Waals surface area contributed by atoms with Crippen LogP contribution in [0, 0.1) is 12.1 Å². The standard InChI is InChI=1S/C45H32/c1-4-45(2,3)36-25-34-18-13-28-19-21-38(41-22-20-35(26-36)43(34)44(28)41)32-16-14-30-24-33(17-15-29(30)23-32)42-27-31-9-5-6-10-37(31)39-11-7-8-12-40(39)42/h5-7,9-11,13-27H,4H2,1-3H3. The molecule has 0 aliphatic heterocycles. The number of fused-ring (bicyclic) bond motifs is 4. The number of hydrogen-bond donors (Lipinski definition) is 0. The first-order valence-corrected chi connectivity index (χ1v) is 16.0. The summed E-state index contributed by atoms with van der Waals surface area (Å²) in [7, 11) is 0. The van der Waals surface area contributed by atoms with Crippen LogP contribution in [0.15, 0.2) is 127 Å². The van der Waals surface area contributed by atoms with Gasteiger partial charge in [0.25, 0.3) is 0 Å². The van der Waals surface area contributed by atoms with Crippen molar-refractivity contribution in [3.8, 4) is 22.3 Å². The molecule has 0 fully saturated rings. The highest BCUT2D eigenvalue weighted by molar-refractivity contribution is 6.25. The van der Waals surface area contributed by atoms with Gasteiger partial charge in [0.15, 0.2) is 0 Å².